The van der Waals surface area contributed by atoms with Gasteiger partial charge in [0.1, 0.15) is 5.82 Å². The van der Waals surface area contributed by atoms with Gasteiger partial charge in [-0.05, 0) is 56.7 Å². The average Bonchev–Trinajstić information content (AvgIpc) is 2.77. The number of thiophene rings is 1. The molecule has 1 aromatic heterocycles. The van der Waals surface area contributed by atoms with Crippen molar-refractivity contribution in [1.29, 1.82) is 0 Å². The number of aryl methyl sites for hydroxylation is 2. The summed E-state index contributed by atoms with van der Waals surface area (Å²) < 4.78 is 13.2. The van der Waals surface area contributed by atoms with Crippen molar-refractivity contribution in [3.63, 3.8) is 0 Å². The van der Waals surface area contributed by atoms with Gasteiger partial charge in [0.05, 0.1) is 0 Å². The molecule has 0 aliphatic carbocycles. The van der Waals surface area contributed by atoms with Crippen LogP contribution in [0.2, 0.25) is 0 Å². The highest BCUT2D eigenvalue weighted by molar-refractivity contribution is 7.11. The van der Waals surface area contributed by atoms with Crippen molar-refractivity contribution in [2.45, 2.75) is 33.2 Å². The quantitative estimate of drug-likeness (QED) is 0.910. The molecule has 4 heteroatoms. The van der Waals surface area contributed by atoms with E-state index < -0.39 is 0 Å². The molecule has 106 valence electrons. The van der Waals surface area contributed by atoms with Crippen LogP contribution in [0.3, 0.4) is 0 Å². The van der Waals surface area contributed by atoms with Crippen LogP contribution in [0.1, 0.15) is 32.6 Å². The Morgan fingerprint density at radius 1 is 1.30 bits per heavy atom. The Balaban J connectivity index is 1.98. The van der Waals surface area contributed by atoms with Gasteiger partial charge in [-0.3, -0.25) is 4.79 Å². The van der Waals surface area contributed by atoms with E-state index in [1.165, 1.54) is 21.9 Å². The summed E-state index contributed by atoms with van der Waals surface area (Å²) in [6.45, 7) is 5.70. The first kappa shape index (κ1) is 14.7. The van der Waals surface area contributed by atoms with Crippen molar-refractivity contribution >= 4 is 17.2 Å². The summed E-state index contributed by atoms with van der Waals surface area (Å²) in [7, 11) is 0. The summed E-state index contributed by atoms with van der Waals surface area (Å²) in [5.74, 6) is -0.447. The predicted molar refractivity (Wildman–Crippen MR) is 80.8 cm³/mol. The number of halogens is 1. The SMILES string of the molecule is Cc1ccc(CC(C)NC(=O)c2ccc(F)c(C)c2)s1. The highest BCUT2D eigenvalue weighted by Crippen LogP contribution is 2.17. The molecule has 0 saturated heterocycles. The lowest BCUT2D eigenvalue weighted by Gasteiger charge is -2.13. The number of carbonyl (C=O) groups is 1. The molecule has 1 heterocycles. The van der Waals surface area contributed by atoms with Gasteiger partial charge in [0.25, 0.3) is 5.91 Å². The van der Waals surface area contributed by atoms with E-state index in [9.17, 15) is 9.18 Å². The standard InChI is InChI=1S/C16H18FNOS/c1-10-8-13(5-7-15(10)17)16(19)18-11(2)9-14-6-4-12(3)20-14/h4-8,11H,9H2,1-3H3,(H,18,19). The van der Waals surface area contributed by atoms with Crippen LogP contribution in [-0.2, 0) is 6.42 Å². The molecule has 0 spiro atoms. The van der Waals surface area contributed by atoms with Gasteiger partial charge in [-0.2, -0.15) is 0 Å². The molecular weight excluding hydrogens is 273 g/mol. The third-order valence-electron chi connectivity index (χ3n) is 3.10. The summed E-state index contributed by atoms with van der Waals surface area (Å²) in [4.78, 5) is 14.6. The molecular formula is C16H18FNOS. The fraction of sp³-hybridized carbons (Fsp3) is 0.312. The van der Waals surface area contributed by atoms with E-state index in [2.05, 4.69) is 24.4 Å². The number of amides is 1. The lowest BCUT2D eigenvalue weighted by Crippen LogP contribution is -2.33. The van der Waals surface area contributed by atoms with E-state index in [1.54, 1.807) is 24.3 Å². The van der Waals surface area contributed by atoms with Crippen LogP contribution in [0, 0.1) is 19.7 Å². The monoisotopic (exact) mass is 291 g/mol. The van der Waals surface area contributed by atoms with Crippen molar-refractivity contribution < 1.29 is 9.18 Å². The van der Waals surface area contributed by atoms with Crippen molar-refractivity contribution in [2.24, 2.45) is 0 Å². The van der Waals surface area contributed by atoms with Gasteiger partial charge < -0.3 is 5.32 Å². The molecule has 1 aromatic carbocycles. The number of benzene rings is 1. The molecule has 2 aromatic rings. The normalized spacial score (nSPS) is 12.2. The van der Waals surface area contributed by atoms with E-state index in [1.807, 2.05) is 6.92 Å². The van der Waals surface area contributed by atoms with Crippen LogP contribution in [0.4, 0.5) is 4.39 Å². The molecule has 0 fully saturated rings. The maximum absolute atomic E-state index is 13.2. The first-order valence-electron chi connectivity index (χ1n) is 6.58. The fourth-order valence-electron chi connectivity index (χ4n) is 2.04. The van der Waals surface area contributed by atoms with Gasteiger partial charge in [0.15, 0.2) is 0 Å². The number of nitrogens with one attached hydrogen (secondary N) is 1. The molecule has 0 bridgehead atoms. The highest BCUT2D eigenvalue weighted by Gasteiger charge is 2.12. The first-order chi connectivity index (χ1) is 9.45. The Morgan fingerprint density at radius 3 is 2.65 bits per heavy atom. The van der Waals surface area contributed by atoms with Crippen LogP contribution in [0.25, 0.3) is 0 Å². The molecule has 0 aliphatic rings. The number of hydrogen-bond acceptors (Lipinski definition) is 2. The second-order valence-electron chi connectivity index (χ2n) is 5.05. The molecule has 2 nitrogen and oxygen atoms in total. The smallest absolute Gasteiger partial charge is 0.251 e. The fourth-order valence-corrected chi connectivity index (χ4v) is 3.06. The van der Waals surface area contributed by atoms with E-state index in [-0.39, 0.29) is 17.8 Å². The van der Waals surface area contributed by atoms with Crippen LogP contribution >= 0.6 is 11.3 Å². The predicted octanol–water partition coefficient (Wildman–Crippen LogP) is 3.87. The van der Waals surface area contributed by atoms with Crippen LogP contribution < -0.4 is 5.32 Å². The van der Waals surface area contributed by atoms with Gasteiger partial charge >= 0.3 is 0 Å². The van der Waals surface area contributed by atoms with Gasteiger partial charge in [-0.15, -0.1) is 11.3 Å². The van der Waals surface area contributed by atoms with Crippen LogP contribution in [0.5, 0.6) is 0 Å². The third kappa shape index (κ3) is 3.67. The topological polar surface area (TPSA) is 29.1 Å². The van der Waals surface area contributed by atoms with E-state index >= 15 is 0 Å². The van der Waals surface area contributed by atoms with E-state index in [0.29, 0.717) is 11.1 Å². The summed E-state index contributed by atoms with van der Waals surface area (Å²) in [5, 5.41) is 2.95. The number of carbonyl (C=O) groups excluding carboxylic acids is 1. The second kappa shape index (κ2) is 6.18. The highest BCUT2D eigenvalue weighted by atomic mass is 32.1. The maximum atomic E-state index is 13.2. The zero-order valence-electron chi connectivity index (χ0n) is 11.9. The molecule has 0 aliphatic heterocycles. The van der Waals surface area contributed by atoms with Crippen LogP contribution in [-0.4, -0.2) is 11.9 Å². The Kier molecular flexibility index (Phi) is 4.55. The minimum absolute atomic E-state index is 0.0471. The summed E-state index contributed by atoms with van der Waals surface area (Å²) in [6.07, 6.45) is 0.810. The van der Waals surface area contributed by atoms with Gasteiger partial charge in [-0.25, -0.2) is 4.39 Å². The van der Waals surface area contributed by atoms with Gasteiger partial charge in [0.2, 0.25) is 0 Å². The zero-order chi connectivity index (χ0) is 14.7. The lowest BCUT2D eigenvalue weighted by atomic mass is 10.1. The summed E-state index contributed by atoms with van der Waals surface area (Å²) >= 11 is 1.74. The Morgan fingerprint density at radius 2 is 2.05 bits per heavy atom. The largest absolute Gasteiger partial charge is 0.349 e. The van der Waals surface area contributed by atoms with E-state index in [4.69, 9.17) is 0 Å². The Labute approximate surface area is 122 Å². The third-order valence-corrected chi connectivity index (χ3v) is 4.12. The average molecular weight is 291 g/mol. The zero-order valence-corrected chi connectivity index (χ0v) is 12.7. The lowest BCUT2D eigenvalue weighted by molar-refractivity contribution is 0.0940. The van der Waals surface area contributed by atoms with Crippen molar-refractivity contribution in [3.05, 3.63) is 57.0 Å². The maximum Gasteiger partial charge on any atom is 0.251 e. The minimum Gasteiger partial charge on any atom is -0.349 e. The molecule has 2 rings (SSSR count). The van der Waals surface area contributed by atoms with Crippen molar-refractivity contribution in [3.8, 4) is 0 Å². The second-order valence-corrected chi connectivity index (χ2v) is 6.43. The molecule has 1 amide bonds. The van der Waals surface area contributed by atoms with Gasteiger partial charge in [0, 0.05) is 27.8 Å². The summed E-state index contributed by atoms with van der Waals surface area (Å²) in [6, 6.07) is 8.64. The molecule has 0 radical (unpaired) electrons. The molecule has 1 N–H and O–H groups in total. The minimum atomic E-state index is -0.288. The number of rotatable bonds is 4. The Bertz CT molecular complexity index is 621. The molecule has 1 unspecified atom stereocenters. The molecule has 0 saturated carbocycles. The van der Waals surface area contributed by atoms with Crippen molar-refractivity contribution in [1.82, 2.24) is 5.32 Å². The molecule has 20 heavy (non-hydrogen) atoms. The number of hydrogen-bond donors (Lipinski definition) is 1. The van der Waals surface area contributed by atoms with E-state index in [0.717, 1.165) is 6.42 Å². The van der Waals surface area contributed by atoms with Crippen LogP contribution in [0.15, 0.2) is 30.3 Å². The molecule has 1 atom stereocenters. The van der Waals surface area contributed by atoms with Crippen molar-refractivity contribution in [2.75, 3.05) is 0 Å². The Hall–Kier alpha value is -1.68. The van der Waals surface area contributed by atoms with Gasteiger partial charge in [-0.1, -0.05) is 0 Å². The summed E-state index contributed by atoms with van der Waals surface area (Å²) in [5.41, 5.74) is 0.984. The first-order valence-corrected chi connectivity index (χ1v) is 7.39.